The Morgan fingerprint density at radius 1 is 1.43 bits per heavy atom. The van der Waals surface area contributed by atoms with Gasteiger partial charge in [0.15, 0.2) is 5.01 Å². The second-order valence-corrected chi connectivity index (χ2v) is 5.06. The van der Waals surface area contributed by atoms with Crippen LogP contribution in [0.4, 0.5) is 0 Å². The second kappa shape index (κ2) is 3.72. The summed E-state index contributed by atoms with van der Waals surface area (Å²) in [5, 5.41) is 12.8. The molecule has 0 aliphatic rings. The van der Waals surface area contributed by atoms with Crippen LogP contribution in [0.3, 0.4) is 0 Å². The van der Waals surface area contributed by atoms with Crippen molar-refractivity contribution in [1.29, 1.82) is 0 Å². The third-order valence-electron chi connectivity index (χ3n) is 1.67. The maximum absolute atomic E-state index is 5.70. The molecule has 4 nitrogen and oxygen atoms in total. The zero-order valence-electron chi connectivity index (χ0n) is 7.89. The zero-order valence-corrected chi connectivity index (χ0v) is 9.52. The van der Waals surface area contributed by atoms with Gasteiger partial charge in [0.1, 0.15) is 10.7 Å². The lowest BCUT2D eigenvalue weighted by molar-refractivity contribution is 0.786. The molecule has 1 atom stereocenters. The van der Waals surface area contributed by atoms with Crippen LogP contribution in [0.15, 0.2) is 5.38 Å². The third kappa shape index (κ3) is 1.82. The van der Waals surface area contributed by atoms with Gasteiger partial charge in [0.2, 0.25) is 0 Å². The van der Waals surface area contributed by atoms with Gasteiger partial charge in [-0.2, -0.15) is 0 Å². The minimum Gasteiger partial charge on any atom is -0.322 e. The van der Waals surface area contributed by atoms with Crippen LogP contribution in [0.5, 0.6) is 0 Å². The third-order valence-corrected chi connectivity index (χ3v) is 3.59. The Morgan fingerprint density at radius 3 is 2.71 bits per heavy atom. The fourth-order valence-corrected chi connectivity index (χ4v) is 2.41. The van der Waals surface area contributed by atoms with Gasteiger partial charge in [-0.05, 0) is 13.8 Å². The minimum atomic E-state index is -0.0546. The number of hydrogen-bond acceptors (Lipinski definition) is 6. The smallest absolute Gasteiger partial charge is 0.167 e. The summed E-state index contributed by atoms with van der Waals surface area (Å²) in [6, 6.07) is -0.0546. The van der Waals surface area contributed by atoms with Crippen LogP contribution in [-0.4, -0.2) is 15.2 Å². The molecule has 0 spiro atoms. The van der Waals surface area contributed by atoms with Crippen molar-refractivity contribution < 1.29 is 0 Å². The molecule has 2 aromatic rings. The highest BCUT2D eigenvalue weighted by molar-refractivity contribution is 7.15. The molecule has 0 aliphatic heterocycles. The first kappa shape index (κ1) is 9.70. The Hall–Kier alpha value is -0.850. The quantitative estimate of drug-likeness (QED) is 0.850. The Kier molecular flexibility index (Phi) is 2.58. The van der Waals surface area contributed by atoms with Crippen LogP contribution in [0.2, 0.25) is 0 Å². The van der Waals surface area contributed by atoms with E-state index < -0.39 is 0 Å². The number of nitrogens with zero attached hydrogens (tertiary/aromatic N) is 3. The average Bonchev–Trinajstić information content (AvgIpc) is 2.70. The molecule has 0 aliphatic carbocycles. The molecule has 74 valence electrons. The molecule has 0 fully saturated rings. The van der Waals surface area contributed by atoms with Gasteiger partial charge >= 0.3 is 0 Å². The van der Waals surface area contributed by atoms with Gasteiger partial charge in [-0.25, -0.2) is 4.98 Å². The number of rotatable bonds is 2. The molecule has 2 N–H and O–H groups in total. The molecule has 6 heteroatoms. The highest BCUT2D eigenvalue weighted by Gasteiger charge is 2.11. The van der Waals surface area contributed by atoms with Crippen LogP contribution in [0.1, 0.15) is 23.0 Å². The van der Waals surface area contributed by atoms with E-state index in [1.54, 1.807) is 11.3 Å². The van der Waals surface area contributed by atoms with Crippen LogP contribution < -0.4 is 5.73 Å². The van der Waals surface area contributed by atoms with Crippen LogP contribution in [0, 0.1) is 6.92 Å². The second-order valence-electron chi connectivity index (χ2n) is 2.99. The van der Waals surface area contributed by atoms with Gasteiger partial charge in [-0.15, -0.1) is 21.5 Å². The van der Waals surface area contributed by atoms with Crippen molar-refractivity contribution in [3.63, 3.8) is 0 Å². The van der Waals surface area contributed by atoms with Crippen molar-refractivity contribution in [2.75, 3.05) is 0 Å². The molecule has 2 aromatic heterocycles. The Morgan fingerprint density at radius 2 is 2.21 bits per heavy atom. The topological polar surface area (TPSA) is 64.7 Å². The fraction of sp³-hybridized carbons (Fsp3) is 0.375. The van der Waals surface area contributed by atoms with Gasteiger partial charge < -0.3 is 5.73 Å². The Bertz CT molecular complexity index is 432. The number of aryl methyl sites for hydroxylation is 1. The SMILES string of the molecule is Cc1nc(-c2nnc(C(C)N)s2)cs1. The largest absolute Gasteiger partial charge is 0.322 e. The lowest BCUT2D eigenvalue weighted by atomic mass is 10.4. The molecular formula is C8H10N4S2. The molecule has 2 rings (SSSR count). The van der Waals surface area contributed by atoms with E-state index in [0.29, 0.717) is 0 Å². The van der Waals surface area contributed by atoms with Crippen molar-refractivity contribution >= 4 is 22.7 Å². The van der Waals surface area contributed by atoms with Crippen LogP contribution >= 0.6 is 22.7 Å². The van der Waals surface area contributed by atoms with E-state index >= 15 is 0 Å². The lowest BCUT2D eigenvalue weighted by Crippen LogP contribution is -2.03. The standard InChI is InChI=1S/C8H10N4S2/c1-4(9)7-11-12-8(14-7)6-3-13-5(2)10-6/h3-4H,9H2,1-2H3. The number of nitrogens with two attached hydrogens (primary N) is 1. The zero-order chi connectivity index (χ0) is 10.1. The first-order valence-electron chi connectivity index (χ1n) is 4.18. The summed E-state index contributed by atoms with van der Waals surface area (Å²) in [7, 11) is 0. The van der Waals surface area contributed by atoms with E-state index in [1.165, 1.54) is 11.3 Å². The van der Waals surface area contributed by atoms with E-state index in [0.717, 1.165) is 20.7 Å². The maximum Gasteiger partial charge on any atom is 0.167 e. The van der Waals surface area contributed by atoms with Gasteiger partial charge in [-0.1, -0.05) is 11.3 Å². The van der Waals surface area contributed by atoms with Gasteiger partial charge in [0.05, 0.1) is 11.0 Å². The molecule has 0 bridgehead atoms. The van der Waals surface area contributed by atoms with Crippen molar-refractivity contribution in [2.45, 2.75) is 19.9 Å². The van der Waals surface area contributed by atoms with Crippen molar-refractivity contribution in [1.82, 2.24) is 15.2 Å². The molecule has 0 saturated heterocycles. The molecular weight excluding hydrogens is 216 g/mol. The van der Waals surface area contributed by atoms with Gasteiger partial charge in [-0.3, -0.25) is 0 Å². The van der Waals surface area contributed by atoms with Crippen molar-refractivity contribution in [3.05, 3.63) is 15.4 Å². The van der Waals surface area contributed by atoms with Crippen molar-refractivity contribution in [3.8, 4) is 10.7 Å². The van der Waals surface area contributed by atoms with Gasteiger partial charge in [0.25, 0.3) is 0 Å². The molecule has 14 heavy (non-hydrogen) atoms. The van der Waals surface area contributed by atoms with E-state index in [4.69, 9.17) is 5.73 Å². The highest BCUT2D eigenvalue weighted by Crippen LogP contribution is 2.26. The van der Waals surface area contributed by atoms with E-state index in [-0.39, 0.29) is 6.04 Å². The predicted octanol–water partition coefficient (Wildman–Crippen LogP) is 1.99. The summed E-state index contributed by atoms with van der Waals surface area (Å²) in [6.07, 6.45) is 0. The Labute approximate surface area is 89.8 Å². The van der Waals surface area contributed by atoms with Crippen molar-refractivity contribution in [2.24, 2.45) is 5.73 Å². The molecule has 0 saturated carbocycles. The first-order chi connectivity index (χ1) is 6.66. The van der Waals surface area contributed by atoms with E-state index in [2.05, 4.69) is 15.2 Å². The fourth-order valence-electron chi connectivity index (χ4n) is 0.984. The minimum absolute atomic E-state index is 0.0546. The molecule has 0 amide bonds. The predicted molar refractivity (Wildman–Crippen MR) is 58.4 cm³/mol. The molecule has 0 aromatic carbocycles. The maximum atomic E-state index is 5.70. The van der Waals surface area contributed by atoms with E-state index in [1.807, 2.05) is 19.2 Å². The summed E-state index contributed by atoms with van der Waals surface area (Å²) in [6.45, 7) is 3.87. The summed E-state index contributed by atoms with van der Waals surface area (Å²) in [4.78, 5) is 4.34. The number of aromatic nitrogens is 3. The number of thiazole rings is 1. The molecule has 1 unspecified atom stereocenters. The lowest BCUT2D eigenvalue weighted by Gasteiger charge is -1.93. The monoisotopic (exact) mass is 226 g/mol. The summed E-state index contributed by atoms with van der Waals surface area (Å²) < 4.78 is 0. The average molecular weight is 226 g/mol. The van der Waals surface area contributed by atoms with E-state index in [9.17, 15) is 0 Å². The molecule has 2 heterocycles. The Balaban J connectivity index is 2.33. The summed E-state index contributed by atoms with van der Waals surface area (Å²) in [5.74, 6) is 0. The van der Waals surface area contributed by atoms with Gasteiger partial charge in [0, 0.05) is 5.38 Å². The molecule has 0 radical (unpaired) electrons. The summed E-state index contributed by atoms with van der Waals surface area (Å²) >= 11 is 3.12. The normalized spacial score (nSPS) is 13.1. The van der Waals surface area contributed by atoms with Crippen LogP contribution in [-0.2, 0) is 0 Å². The number of hydrogen-bond donors (Lipinski definition) is 1. The first-order valence-corrected chi connectivity index (χ1v) is 5.88. The summed E-state index contributed by atoms with van der Waals surface area (Å²) in [5.41, 5.74) is 6.60. The van der Waals surface area contributed by atoms with Crippen LogP contribution in [0.25, 0.3) is 10.7 Å². The highest BCUT2D eigenvalue weighted by atomic mass is 32.1.